The second-order valence-electron chi connectivity index (χ2n) is 12.7. The molecule has 4 fully saturated rings. The third kappa shape index (κ3) is 4.19. The zero-order valence-corrected chi connectivity index (χ0v) is 23.1. The van der Waals surface area contributed by atoms with Crippen LogP contribution in [0.1, 0.15) is 97.5 Å². The van der Waals surface area contributed by atoms with Gasteiger partial charge in [0.1, 0.15) is 17.8 Å². The number of esters is 3. The Bertz CT molecular complexity index is 1150. The molecular weight excluding hydrogens is 488 g/mol. The van der Waals surface area contributed by atoms with Crippen LogP contribution < -0.4 is 5.63 Å². The molecule has 38 heavy (non-hydrogen) atoms. The summed E-state index contributed by atoms with van der Waals surface area (Å²) in [5, 5.41) is 0. The van der Waals surface area contributed by atoms with E-state index in [1.165, 1.54) is 33.1 Å². The first-order valence-electron chi connectivity index (χ1n) is 14.0. The first-order valence-corrected chi connectivity index (χ1v) is 14.0. The zero-order chi connectivity index (χ0) is 27.5. The van der Waals surface area contributed by atoms with Gasteiger partial charge in [-0.05, 0) is 73.8 Å². The van der Waals surface area contributed by atoms with E-state index < -0.39 is 22.7 Å². The van der Waals surface area contributed by atoms with Gasteiger partial charge in [0, 0.05) is 50.5 Å². The molecule has 9 atom stereocenters. The molecule has 5 rings (SSSR count). The standard InChI is InChI=1S/C30H40O8/c1-17(31)36-22-10-12-28(4)21(14-22)7-8-24-23(28)11-13-29(5)27(20-6-9-26(34)35-16-20)25(37-18(2)32)15-30(24,29)38-19(3)33/h6,9,16,21-25,27H,7-8,10-15H2,1-5H3/t21-,22+,23+,24-,25+,27+,28+,29-,30+/m1/s1. The summed E-state index contributed by atoms with van der Waals surface area (Å²) in [6.45, 7) is 8.89. The number of ether oxygens (including phenoxy) is 3. The molecule has 1 aromatic heterocycles. The number of hydrogen-bond acceptors (Lipinski definition) is 8. The fourth-order valence-electron chi connectivity index (χ4n) is 9.45. The van der Waals surface area contributed by atoms with Crippen LogP contribution in [0.15, 0.2) is 27.6 Å². The van der Waals surface area contributed by atoms with Crippen LogP contribution in [-0.4, -0.2) is 35.7 Å². The summed E-state index contributed by atoms with van der Waals surface area (Å²) in [4.78, 5) is 48.4. The summed E-state index contributed by atoms with van der Waals surface area (Å²) >= 11 is 0. The van der Waals surface area contributed by atoms with E-state index in [-0.39, 0.29) is 41.3 Å². The maximum Gasteiger partial charge on any atom is 0.335 e. The Morgan fingerprint density at radius 2 is 1.63 bits per heavy atom. The largest absolute Gasteiger partial charge is 0.463 e. The van der Waals surface area contributed by atoms with Crippen molar-refractivity contribution in [2.45, 2.75) is 110 Å². The number of carbonyl (C=O) groups excluding carboxylic acids is 3. The Morgan fingerprint density at radius 3 is 2.26 bits per heavy atom. The molecule has 4 aliphatic carbocycles. The van der Waals surface area contributed by atoms with Crippen molar-refractivity contribution in [3.8, 4) is 0 Å². The lowest BCUT2D eigenvalue weighted by molar-refractivity contribution is -0.227. The fourth-order valence-corrected chi connectivity index (χ4v) is 9.45. The molecule has 0 spiro atoms. The van der Waals surface area contributed by atoms with Crippen molar-refractivity contribution in [2.75, 3.05) is 0 Å². The minimum absolute atomic E-state index is 0.0321. The number of rotatable bonds is 4. The molecule has 208 valence electrons. The van der Waals surface area contributed by atoms with Gasteiger partial charge in [-0.2, -0.15) is 0 Å². The molecule has 8 nitrogen and oxygen atoms in total. The van der Waals surface area contributed by atoms with Gasteiger partial charge in [0.15, 0.2) is 0 Å². The van der Waals surface area contributed by atoms with Crippen LogP contribution in [0.5, 0.6) is 0 Å². The monoisotopic (exact) mass is 528 g/mol. The highest BCUT2D eigenvalue weighted by atomic mass is 16.6. The van der Waals surface area contributed by atoms with Crippen molar-refractivity contribution in [2.24, 2.45) is 28.6 Å². The smallest absolute Gasteiger partial charge is 0.335 e. The van der Waals surface area contributed by atoms with Crippen LogP contribution in [0, 0.1) is 28.6 Å². The quantitative estimate of drug-likeness (QED) is 0.400. The fraction of sp³-hybridized carbons (Fsp3) is 0.733. The zero-order valence-electron chi connectivity index (χ0n) is 23.1. The molecule has 0 bridgehead atoms. The van der Waals surface area contributed by atoms with Crippen molar-refractivity contribution >= 4 is 17.9 Å². The van der Waals surface area contributed by atoms with Gasteiger partial charge in [-0.25, -0.2) is 4.79 Å². The molecule has 0 radical (unpaired) electrons. The highest BCUT2D eigenvalue weighted by Gasteiger charge is 2.73. The van der Waals surface area contributed by atoms with Gasteiger partial charge in [0.05, 0.1) is 6.26 Å². The molecule has 4 saturated carbocycles. The van der Waals surface area contributed by atoms with E-state index in [4.69, 9.17) is 18.6 Å². The Morgan fingerprint density at radius 1 is 0.895 bits per heavy atom. The molecule has 0 aromatic carbocycles. The predicted molar refractivity (Wildman–Crippen MR) is 137 cm³/mol. The van der Waals surface area contributed by atoms with Crippen LogP contribution in [0.2, 0.25) is 0 Å². The van der Waals surface area contributed by atoms with Gasteiger partial charge < -0.3 is 18.6 Å². The SMILES string of the molecule is CC(=O)O[C@H]1CC[C@@]2(C)[C@H](CC[C@@H]3[C@@H]2CC[C@]2(C)[C@@H](c4ccc(=O)oc4)[C@@H](OC(C)=O)C[C@]32OC(C)=O)C1. The van der Waals surface area contributed by atoms with Crippen LogP contribution in [0.4, 0.5) is 0 Å². The predicted octanol–water partition coefficient (Wildman–Crippen LogP) is 4.93. The van der Waals surface area contributed by atoms with E-state index >= 15 is 0 Å². The van der Waals surface area contributed by atoms with E-state index in [1.807, 2.05) is 0 Å². The lowest BCUT2D eigenvalue weighted by atomic mass is 9.43. The molecule has 0 N–H and O–H groups in total. The van der Waals surface area contributed by atoms with Crippen molar-refractivity contribution in [1.82, 2.24) is 0 Å². The van der Waals surface area contributed by atoms with Gasteiger partial charge in [-0.1, -0.05) is 13.8 Å². The molecule has 0 saturated heterocycles. The number of carbonyl (C=O) groups is 3. The third-order valence-electron chi connectivity index (χ3n) is 10.8. The third-order valence-corrected chi connectivity index (χ3v) is 10.8. The molecule has 8 heteroatoms. The second-order valence-corrected chi connectivity index (χ2v) is 12.7. The topological polar surface area (TPSA) is 109 Å². The summed E-state index contributed by atoms with van der Waals surface area (Å²) in [5.74, 6) is -0.336. The molecular formula is C30H40O8. The van der Waals surface area contributed by atoms with Gasteiger partial charge in [0.25, 0.3) is 0 Å². The van der Waals surface area contributed by atoms with Crippen LogP contribution >= 0.6 is 0 Å². The summed E-state index contributed by atoms with van der Waals surface area (Å²) in [5.41, 5.74) is -0.941. The van der Waals surface area contributed by atoms with Crippen molar-refractivity contribution in [3.05, 3.63) is 34.4 Å². The van der Waals surface area contributed by atoms with Gasteiger partial charge in [-0.3, -0.25) is 14.4 Å². The minimum atomic E-state index is -0.816. The summed E-state index contributed by atoms with van der Waals surface area (Å²) in [6.07, 6.45) is 7.65. The lowest BCUT2D eigenvalue weighted by Gasteiger charge is -2.64. The Hall–Kier alpha value is -2.64. The van der Waals surface area contributed by atoms with Crippen LogP contribution in [0.25, 0.3) is 0 Å². The Kier molecular flexibility index (Phi) is 6.75. The molecule has 0 aliphatic heterocycles. The lowest BCUT2D eigenvalue weighted by Crippen LogP contribution is -2.63. The Balaban J connectivity index is 1.56. The molecule has 4 aliphatic rings. The van der Waals surface area contributed by atoms with Crippen LogP contribution in [-0.2, 0) is 28.6 Å². The van der Waals surface area contributed by atoms with Gasteiger partial charge in [0.2, 0.25) is 0 Å². The molecule has 0 amide bonds. The maximum absolute atomic E-state index is 12.8. The van der Waals surface area contributed by atoms with E-state index in [0.717, 1.165) is 50.5 Å². The Labute approximate surface area is 223 Å². The average molecular weight is 529 g/mol. The van der Waals surface area contributed by atoms with E-state index in [0.29, 0.717) is 18.3 Å². The van der Waals surface area contributed by atoms with E-state index in [2.05, 4.69) is 13.8 Å². The second kappa shape index (κ2) is 9.53. The maximum atomic E-state index is 12.8. The van der Waals surface area contributed by atoms with Crippen molar-refractivity contribution in [1.29, 1.82) is 0 Å². The first kappa shape index (κ1) is 26.9. The summed E-state index contributed by atoms with van der Waals surface area (Å²) in [7, 11) is 0. The molecule has 0 unspecified atom stereocenters. The van der Waals surface area contributed by atoms with Crippen molar-refractivity contribution in [3.63, 3.8) is 0 Å². The van der Waals surface area contributed by atoms with Gasteiger partial charge in [-0.15, -0.1) is 0 Å². The highest BCUT2D eigenvalue weighted by Crippen LogP contribution is 2.72. The van der Waals surface area contributed by atoms with E-state index in [1.54, 1.807) is 6.07 Å². The van der Waals surface area contributed by atoms with E-state index in [9.17, 15) is 19.2 Å². The normalized spacial score (nSPS) is 41.7. The number of hydrogen-bond donors (Lipinski definition) is 0. The first-order chi connectivity index (χ1) is 17.9. The molecule has 1 heterocycles. The van der Waals surface area contributed by atoms with Gasteiger partial charge >= 0.3 is 23.5 Å². The summed E-state index contributed by atoms with van der Waals surface area (Å²) < 4.78 is 23.3. The molecule has 1 aromatic rings. The van der Waals surface area contributed by atoms with Crippen LogP contribution in [0.3, 0.4) is 0 Å². The minimum Gasteiger partial charge on any atom is -0.463 e. The summed E-state index contributed by atoms with van der Waals surface area (Å²) in [6, 6.07) is 3.15. The van der Waals surface area contributed by atoms with Crippen molar-refractivity contribution < 1.29 is 33.0 Å². The highest BCUT2D eigenvalue weighted by molar-refractivity contribution is 5.68. The average Bonchev–Trinajstić information content (AvgIpc) is 3.06. The number of fused-ring (bicyclic) bond motifs is 5.